The number of nitrogens with zero attached hydrogens (tertiary/aromatic N) is 1. The van der Waals surface area contributed by atoms with Crippen molar-refractivity contribution in [2.75, 3.05) is 0 Å². The minimum atomic E-state index is -1.04. The molecule has 3 rings (SSSR count). The van der Waals surface area contributed by atoms with E-state index in [1.54, 1.807) is 12.1 Å². The van der Waals surface area contributed by atoms with Gasteiger partial charge >= 0.3 is 5.97 Å². The summed E-state index contributed by atoms with van der Waals surface area (Å²) in [7, 11) is 0. The van der Waals surface area contributed by atoms with E-state index in [-0.39, 0.29) is 5.69 Å². The third-order valence-corrected chi connectivity index (χ3v) is 4.53. The van der Waals surface area contributed by atoms with Crippen LogP contribution in [-0.4, -0.2) is 16.1 Å². The van der Waals surface area contributed by atoms with Gasteiger partial charge in [0, 0.05) is 15.2 Å². The minimum absolute atomic E-state index is 0.0308. The molecule has 0 amide bonds. The Hall–Kier alpha value is -2.04. The molecule has 5 heteroatoms. The molecule has 0 radical (unpaired) electrons. The van der Waals surface area contributed by atoms with Gasteiger partial charge in [-0.2, -0.15) is 0 Å². The quantitative estimate of drug-likeness (QED) is 0.758. The molecule has 0 unspecified atom stereocenters. The number of fused-ring (bicyclic) bond motifs is 1. The Morgan fingerprint density at radius 1 is 1.05 bits per heavy atom. The zero-order chi connectivity index (χ0) is 14.8. The molecule has 0 bridgehead atoms. The van der Waals surface area contributed by atoms with E-state index in [0.717, 1.165) is 15.2 Å². The summed E-state index contributed by atoms with van der Waals surface area (Å²) in [5, 5.41) is 10.7. The second-order valence-electron chi connectivity index (χ2n) is 4.36. The number of halogens is 1. The highest BCUT2D eigenvalue weighted by atomic mass is 35.5. The van der Waals surface area contributed by atoms with E-state index >= 15 is 0 Å². The maximum atomic E-state index is 11.2. The predicted octanol–water partition coefficient (Wildman–Crippen LogP) is 4.74. The van der Waals surface area contributed by atoms with Gasteiger partial charge in [-0.05, 0) is 24.3 Å². The molecule has 0 atom stereocenters. The van der Waals surface area contributed by atoms with E-state index in [9.17, 15) is 9.90 Å². The van der Waals surface area contributed by atoms with Gasteiger partial charge in [-0.3, -0.25) is 0 Å². The van der Waals surface area contributed by atoms with Crippen LogP contribution in [0.2, 0.25) is 5.02 Å². The Morgan fingerprint density at radius 3 is 2.52 bits per heavy atom. The summed E-state index contributed by atoms with van der Waals surface area (Å²) < 4.78 is 0. The molecule has 0 saturated carbocycles. The Bertz CT molecular complexity index is 835. The maximum absolute atomic E-state index is 11.2. The molecule has 104 valence electrons. The lowest BCUT2D eigenvalue weighted by Gasteiger charge is -2.08. The average molecular weight is 316 g/mol. The van der Waals surface area contributed by atoms with Crippen molar-refractivity contribution >= 4 is 40.2 Å². The Kier molecular flexibility index (Phi) is 3.82. The number of carboxylic acids is 1. The molecule has 0 fully saturated rings. The first-order chi connectivity index (χ1) is 10.1. The molecule has 0 aliphatic heterocycles. The van der Waals surface area contributed by atoms with Crippen LogP contribution in [0.5, 0.6) is 0 Å². The number of para-hydroxylation sites is 1. The average Bonchev–Trinajstić information content (AvgIpc) is 2.49. The van der Waals surface area contributed by atoms with Crippen molar-refractivity contribution in [3.63, 3.8) is 0 Å². The van der Waals surface area contributed by atoms with Gasteiger partial charge in [-0.15, -0.1) is 0 Å². The molecule has 2 aromatic carbocycles. The number of benzene rings is 2. The molecule has 0 saturated heterocycles. The summed E-state index contributed by atoms with van der Waals surface area (Å²) in [4.78, 5) is 17.1. The molecule has 0 aliphatic carbocycles. The minimum Gasteiger partial charge on any atom is -0.477 e. The van der Waals surface area contributed by atoms with Crippen molar-refractivity contribution in [3.8, 4) is 0 Å². The molecule has 1 N–H and O–H groups in total. The molecule has 0 spiro atoms. The summed E-state index contributed by atoms with van der Waals surface area (Å²) in [5.74, 6) is -1.04. The summed E-state index contributed by atoms with van der Waals surface area (Å²) in [6.07, 6.45) is 0. The lowest BCUT2D eigenvalue weighted by atomic mass is 10.2. The normalized spacial score (nSPS) is 10.7. The maximum Gasteiger partial charge on any atom is 0.354 e. The Labute approximate surface area is 130 Å². The molecule has 1 heterocycles. The van der Waals surface area contributed by atoms with E-state index in [1.165, 1.54) is 11.8 Å². The number of rotatable bonds is 3. The molecular formula is C16H10ClNO2S. The predicted molar refractivity (Wildman–Crippen MR) is 84.3 cm³/mol. The van der Waals surface area contributed by atoms with Crippen LogP contribution in [0.1, 0.15) is 10.5 Å². The third-order valence-electron chi connectivity index (χ3n) is 2.95. The summed E-state index contributed by atoms with van der Waals surface area (Å²) in [5.41, 5.74) is 0.690. The third kappa shape index (κ3) is 2.86. The van der Waals surface area contributed by atoms with Crippen molar-refractivity contribution in [1.82, 2.24) is 4.98 Å². The van der Waals surface area contributed by atoms with Gasteiger partial charge in [0.25, 0.3) is 0 Å². The van der Waals surface area contributed by atoms with Crippen molar-refractivity contribution in [2.45, 2.75) is 9.79 Å². The second kappa shape index (κ2) is 5.76. The van der Waals surface area contributed by atoms with Crippen LogP contribution in [0, 0.1) is 0 Å². The lowest BCUT2D eigenvalue weighted by molar-refractivity contribution is 0.0690. The van der Waals surface area contributed by atoms with Crippen LogP contribution in [0.3, 0.4) is 0 Å². The zero-order valence-corrected chi connectivity index (χ0v) is 12.4. The van der Waals surface area contributed by atoms with Crippen LogP contribution < -0.4 is 0 Å². The highest BCUT2D eigenvalue weighted by molar-refractivity contribution is 7.99. The SMILES string of the molecule is O=C(O)c1cc(Sc2ccccc2Cl)c2ccccc2n1. The highest BCUT2D eigenvalue weighted by Crippen LogP contribution is 2.37. The first-order valence-electron chi connectivity index (χ1n) is 6.20. The summed E-state index contributed by atoms with van der Waals surface area (Å²) in [6, 6.07) is 16.5. The van der Waals surface area contributed by atoms with Gasteiger partial charge in [0.05, 0.1) is 10.5 Å². The molecular weight excluding hydrogens is 306 g/mol. The smallest absolute Gasteiger partial charge is 0.354 e. The number of carboxylic acid groups (broad SMARTS) is 1. The molecule has 21 heavy (non-hydrogen) atoms. The topological polar surface area (TPSA) is 50.2 Å². The van der Waals surface area contributed by atoms with Crippen molar-refractivity contribution in [3.05, 3.63) is 65.3 Å². The fourth-order valence-corrected chi connectivity index (χ4v) is 3.24. The van der Waals surface area contributed by atoms with Gasteiger partial charge in [-0.25, -0.2) is 9.78 Å². The van der Waals surface area contributed by atoms with Gasteiger partial charge in [0.1, 0.15) is 5.69 Å². The first kappa shape index (κ1) is 13.9. The van der Waals surface area contributed by atoms with E-state index in [4.69, 9.17) is 11.6 Å². The van der Waals surface area contributed by atoms with Crippen LogP contribution >= 0.6 is 23.4 Å². The van der Waals surface area contributed by atoms with Gasteiger partial charge in [0.2, 0.25) is 0 Å². The molecule has 0 aliphatic rings. The Balaban J connectivity index is 2.16. The number of aromatic carboxylic acids is 1. The zero-order valence-electron chi connectivity index (χ0n) is 10.8. The van der Waals surface area contributed by atoms with Crippen molar-refractivity contribution < 1.29 is 9.90 Å². The largest absolute Gasteiger partial charge is 0.477 e. The molecule has 1 aromatic heterocycles. The lowest BCUT2D eigenvalue weighted by Crippen LogP contribution is -2.00. The fourth-order valence-electron chi connectivity index (χ4n) is 1.98. The van der Waals surface area contributed by atoms with Gasteiger partial charge in [-0.1, -0.05) is 53.7 Å². The van der Waals surface area contributed by atoms with Crippen molar-refractivity contribution in [1.29, 1.82) is 0 Å². The number of aromatic nitrogens is 1. The standard InChI is InChI=1S/C16H10ClNO2S/c17-11-6-2-4-8-14(11)21-15-9-13(16(19)20)18-12-7-3-1-5-10(12)15/h1-9H,(H,19,20). The van der Waals surface area contributed by atoms with E-state index in [1.807, 2.05) is 42.5 Å². The van der Waals surface area contributed by atoms with E-state index in [2.05, 4.69) is 4.98 Å². The van der Waals surface area contributed by atoms with Gasteiger partial charge < -0.3 is 5.11 Å². The number of hydrogen-bond donors (Lipinski definition) is 1. The second-order valence-corrected chi connectivity index (χ2v) is 5.85. The van der Waals surface area contributed by atoms with Crippen LogP contribution in [-0.2, 0) is 0 Å². The summed E-state index contributed by atoms with van der Waals surface area (Å²) >= 11 is 7.61. The number of pyridine rings is 1. The highest BCUT2D eigenvalue weighted by Gasteiger charge is 2.12. The van der Waals surface area contributed by atoms with Crippen LogP contribution in [0.25, 0.3) is 10.9 Å². The van der Waals surface area contributed by atoms with Crippen LogP contribution in [0.4, 0.5) is 0 Å². The monoisotopic (exact) mass is 315 g/mol. The summed E-state index contributed by atoms with van der Waals surface area (Å²) in [6.45, 7) is 0. The fraction of sp³-hybridized carbons (Fsp3) is 0. The number of hydrogen-bond acceptors (Lipinski definition) is 3. The number of carbonyl (C=O) groups is 1. The van der Waals surface area contributed by atoms with E-state index in [0.29, 0.717) is 10.5 Å². The van der Waals surface area contributed by atoms with Crippen LogP contribution in [0.15, 0.2) is 64.4 Å². The first-order valence-corrected chi connectivity index (χ1v) is 7.40. The molecule has 3 nitrogen and oxygen atoms in total. The Morgan fingerprint density at radius 2 is 1.76 bits per heavy atom. The van der Waals surface area contributed by atoms with E-state index < -0.39 is 5.97 Å². The molecule has 3 aromatic rings. The van der Waals surface area contributed by atoms with Gasteiger partial charge in [0.15, 0.2) is 0 Å². The van der Waals surface area contributed by atoms with Crippen molar-refractivity contribution in [2.24, 2.45) is 0 Å².